The van der Waals surface area contributed by atoms with Gasteiger partial charge < -0.3 is 10.1 Å². The molecule has 138 valence electrons. The molecule has 2 aliphatic rings. The summed E-state index contributed by atoms with van der Waals surface area (Å²) in [5.74, 6) is 0.522. The third-order valence-electron chi connectivity index (χ3n) is 4.89. The van der Waals surface area contributed by atoms with E-state index < -0.39 is 9.84 Å². The minimum atomic E-state index is -3.11. The van der Waals surface area contributed by atoms with E-state index >= 15 is 0 Å². The van der Waals surface area contributed by atoms with Gasteiger partial charge in [0.15, 0.2) is 16.4 Å². The number of likely N-dealkylation sites (tertiary alicyclic amines) is 1. The van der Waals surface area contributed by atoms with Gasteiger partial charge in [0.2, 0.25) is 0 Å². The van der Waals surface area contributed by atoms with Crippen LogP contribution in [0.1, 0.15) is 24.8 Å². The highest BCUT2D eigenvalue weighted by molar-refractivity contribution is 7.91. The average Bonchev–Trinajstić information content (AvgIpc) is 2.88. The number of nitrogens with one attached hydrogen (secondary N) is 1. The van der Waals surface area contributed by atoms with Gasteiger partial charge in [0.1, 0.15) is 5.75 Å². The molecule has 2 atom stereocenters. The van der Waals surface area contributed by atoms with Crippen LogP contribution in [0.4, 0.5) is 0 Å². The lowest BCUT2D eigenvalue weighted by molar-refractivity contribution is -0.124. The number of piperidine rings is 1. The van der Waals surface area contributed by atoms with Crippen molar-refractivity contribution in [1.82, 2.24) is 10.2 Å². The number of ether oxygens (including phenoxy) is 1. The largest absolute Gasteiger partial charge is 0.484 e. The Morgan fingerprint density at radius 2 is 2.00 bits per heavy atom. The van der Waals surface area contributed by atoms with Gasteiger partial charge in [-0.2, -0.15) is 0 Å². The number of sulfone groups is 1. The second-order valence-corrected chi connectivity index (χ2v) is 9.17. The Kier molecular flexibility index (Phi) is 5.64. The standard InChI is InChI=1S/C18H26N2O4S/c1-14-6-5-7-15(10-14)24-11-18(21)19-16-12-25(22,23)13-17(16)20-8-3-2-4-9-20/h5-7,10,16-17H,2-4,8-9,11-13H2,1H3,(H,19,21). The molecular formula is C18H26N2O4S. The van der Waals surface area contributed by atoms with Gasteiger partial charge in [-0.05, 0) is 50.6 Å². The zero-order valence-corrected chi connectivity index (χ0v) is 15.4. The van der Waals surface area contributed by atoms with Crippen LogP contribution in [0.25, 0.3) is 0 Å². The molecule has 1 aromatic rings. The van der Waals surface area contributed by atoms with Crippen molar-refractivity contribution in [2.75, 3.05) is 31.2 Å². The lowest BCUT2D eigenvalue weighted by Gasteiger charge is -2.34. The number of benzene rings is 1. The van der Waals surface area contributed by atoms with Crippen molar-refractivity contribution in [2.24, 2.45) is 0 Å². The zero-order valence-electron chi connectivity index (χ0n) is 14.6. The van der Waals surface area contributed by atoms with E-state index in [4.69, 9.17) is 4.74 Å². The first kappa shape index (κ1) is 18.2. The Bertz CT molecular complexity index is 714. The van der Waals surface area contributed by atoms with E-state index in [0.29, 0.717) is 5.75 Å². The van der Waals surface area contributed by atoms with Gasteiger partial charge in [0, 0.05) is 6.04 Å². The van der Waals surface area contributed by atoms with Crippen molar-refractivity contribution in [3.8, 4) is 5.75 Å². The van der Waals surface area contributed by atoms with Crippen LogP contribution in [0.15, 0.2) is 24.3 Å². The van der Waals surface area contributed by atoms with Gasteiger partial charge in [-0.3, -0.25) is 9.69 Å². The van der Waals surface area contributed by atoms with Gasteiger partial charge in [0.05, 0.1) is 17.5 Å². The number of amides is 1. The normalized spacial score (nSPS) is 26.3. The van der Waals surface area contributed by atoms with Crippen LogP contribution in [0.3, 0.4) is 0 Å². The summed E-state index contributed by atoms with van der Waals surface area (Å²) >= 11 is 0. The Labute approximate surface area is 149 Å². The molecular weight excluding hydrogens is 340 g/mol. The number of nitrogens with zero attached hydrogens (tertiary/aromatic N) is 1. The van der Waals surface area contributed by atoms with Crippen LogP contribution in [0, 0.1) is 6.92 Å². The SMILES string of the molecule is Cc1cccc(OCC(=O)NC2CS(=O)(=O)CC2N2CCCCC2)c1. The highest BCUT2D eigenvalue weighted by Gasteiger charge is 2.41. The molecule has 25 heavy (non-hydrogen) atoms. The molecule has 2 saturated heterocycles. The van der Waals surface area contributed by atoms with E-state index in [0.717, 1.165) is 31.5 Å². The van der Waals surface area contributed by atoms with Gasteiger partial charge >= 0.3 is 0 Å². The Morgan fingerprint density at radius 1 is 1.24 bits per heavy atom. The van der Waals surface area contributed by atoms with Crippen molar-refractivity contribution in [3.63, 3.8) is 0 Å². The first-order valence-electron chi connectivity index (χ1n) is 8.86. The minimum Gasteiger partial charge on any atom is -0.484 e. The summed E-state index contributed by atoms with van der Waals surface area (Å²) in [6, 6.07) is 7.03. The molecule has 2 aliphatic heterocycles. The fourth-order valence-corrected chi connectivity index (χ4v) is 5.63. The first-order chi connectivity index (χ1) is 11.9. The van der Waals surface area contributed by atoms with Crippen LogP contribution in [-0.2, 0) is 14.6 Å². The molecule has 1 amide bonds. The number of rotatable bonds is 5. The summed E-state index contributed by atoms with van der Waals surface area (Å²) in [7, 11) is -3.11. The average molecular weight is 366 g/mol. The van der Waals surface area contributed by atoms with Gasteiger partial charge in [-0.1, -0.05) is 18.6 Å². The summed E-state index contributed by atoms with van der Waals surface area (Å²) in [4.78, 5) is 14.5. The molecule has 0 aliphatic carbocycles. The molecule has 0 saturated carbocycles. The maximum Gasteiger partial charge on any atom is 0.258 e. The number of carbonyl (C=O) groups excluding carboxylic acids is 1. The van der Waals surface area contributed by atoms with Gasteiger partial charge in [0.25, 0.3) is 5.91 Å². The van der Waals surface area contributed by atoms with Crippen molar-refractivity contribution >= 4 is 15.7 Å². The van der Waals surface area contributed by atoms with E-state index in [1.807, 2.05) is 25.1 Å². The molecule has 2 unspecified atom stereocenters. The van der Waals surface area contributed by atoms with Crippen LogP contribution < -0.4 is 10.1 Å². The van der Waals surface area contributed by atoms with E-state index in [-0.39, 0.29) is 36.1 Å². The Balaban J connectivity index is 1.58. The van der Waals surface area contributed by atoms with Crippen LogP contribution in [0.2, 0.25) is 0 Å². The highest BCUT2D eigenvalue weighted by Crippen LogP contribution is 2.22. The second kappa shape index (κ2) is 7.74. The van der Waals surface area contributed by atoms with E-state index in [9.17, 15) is 13.2 Å². The quantitative estimate of drug-likeness (QED) is 0.846. The zero-order chi connectivity index (χ0) is 17.9. The monoisotopic (exact) mass is 366 g/mol. The molecule has 1 N–H and O–H groups in total. The molecule has 0 aromatic heterocycles. The predicted molar refractivity (Wildman–Crippen MR) is 96.5 cm³/mol. The maximum atomic E-state index is 12.2. The lowest BCUT2D eigenvalue weighted by Crippen LogP contribution is -2.53. The molecule has 7 heteroatoms. The summed E-state index contributed by atoms with van der Waals surface area (Å²) < 4.78 is 29.7. The fraction of sp³-hybridized carbons (Fsp3) is 0.611. The Morgan fingerprint density at radius 3 is 2.72 bits per heavy atom. The third-order valence-corrected chi connectivity index (χ3v) is 6.60. The van der Waals surface area contributed by atoms with Crippen LogP contribution in [0.5, 0.6) is 5.75 Å². The van der Waals surface area contributed by atoms with Crippen molar-refractivity contribution in [3.05, 3.63) is 29.8 Å². The van der Waals surface area contributed by atoms with Crippen molar-refractivity contribution in [1.29, 1.82) is 0 Å². The smallest absolute Gasteiger partial charge is 0.258 e. The van der Waals surface area contributed by atoms with E-state index in [1.165, 1.54) is 6.42 Å². The number of carbonyl (C=O) groups is 1. The fourth-order valence-electron chi connectivity index (χ4n) is 3.68. The summed E-state index contributed by atoms with van der Waals surface area (Å²) in [6.45, 7) is 3.67. The number of aryl methyl sites for hydroxylation is 1. The molecule has 0 spiro atoms. The molecule has 3 rings (SSSR count). The van der Waals surface area contributed by atoms with Crippen LogP contribution >= 0.6 is 0 Å². The Hall–Kier alpha value is -1.60. The van der Waals surface area contributed by atoms with Crippen molar-refractivity contribution < 1.29 is 17.9 Å². The number of hydrogen-bond acceptors (Lipinski definition) is 5. The summed E-state index contributed by atoms with van der Waals surface area (Å²) in [6.07, 6.45) is 3.37. The first-order valence-corrected chi connectivity index (χ1v) is 10.7. The molecule has 0 bridgehead atoms. The maximum absolute atomic E-state index is 12.2. The number of hydrogen-bond donors (Lipinski definition) is 1. The summed E-state index contributed by atoms with van der Waals surface area (Å²) in [5.41, 5.74) is 1.06. The van der Waals surface area contributed by atoms with Crippen LogP contribution in [-0.4, -0.2) is 62.5 Å². The molecule has 2 fully saturated rings. The molecule has 1 aromatic carbocycles. The topological polar surface area (TPSA) is 75.7 Å². The van der Waals surface area contributed by atoms with Gasteiger partial charge in [-0.25, -0.2) is 8.42 Å². The molecule has 6 nitrogen and oxygen atoms in total. The highest BCUT2D eigenvalue weighted by atomic mass is 32.2. The van der Waals surface area contributed by atoms with Gasteiger partial charge in [-0.15, -0.1) is 0 Å². The molecule has 2 heterocycles. The van der Waals surface area contributed by atoms with Crippen molar-refractivity contribution in [2.45, 2.75) is 38.3 Å². The lowest BCUT2D eigenvalue weighted by atomic mass is 10.0. The van der Waals surface area contributed by atoms with E-state index in [1.54, 1.807) is 6.07 Å². The molecule has 0 radical (unpaired) electrons. The minimum absolute atomic E-state index is 0.0182. The predicted octanol–water partition coefficient (Wildman–Crippen LogP) is 1.14. The second-order valence-electron chi connectivity index (χ2n) is 7.02. The third kappa shape index (κ3) is 4.95. The van der Waals surface area contributed by atoms with E-state index in [2.05, 4.69) is 10.2 Å². The summed E-state index contributed by atoms with van der Waals surface area (Å²) in [5, 5.41) is 2.88.